The smallest absolute Gasteiger partial charge is 0.462 e. The van der Waals surface area contributed by atoms with Crippen LogP contribution in [0.1, 0.15) is 174 Å². The lowest BCUT2D eigenvalue weighted by Gasteiger charge is -2.20. The van der Waals surface area contributed by atoms with Crippen molar-refractivity contribution in [2.45, 2.75) is 187 Å². The Balaban J connectivity index is 4.34. The Morgan fingerprint density at radius 3 is 1.35 bits per heavy atom. The molecule has 10 nitrogen and oxygen atoms in total. The number of hydrogen-bond donors (Lipinski definition) is 3. The average molecular weight is 681 g/mol. The second-order valence-corrected chi connectivity index (χ2v) is 14.1. The third-order valence-electron chi connectivity index (χ3n) is 8.01. The van der Waals surface area contributed by atoms with Gasteiger partial charge in [-0.05, 0) is 12.8 Å². The largest absolute Gasteiger partial charge is 0.472 e. The van der Waals surface area contributed by atoms with Crippen LogP contribution in [0.3, 0.4) is 0 Å². The molecule has 0 saturated carbocycles. The third-order valence-corrected chi connectivity index (χ3v) is 8.96. The minimum Gasteiger partial charge on any atom is -0.462 e. The van der Waals surface area contributed by atoms with Gasteiger partial charge in [-0.1, -0.05) is 149 Å². The lowest BCUT2D eigenvalue weighted by Crippen LogP contribution is -2.29. The summed E-state index contributed by atoms with van der Waals surface area (Å²) in [6.45, 7) is 2.36. The summed E-state index contributed by atoms with van der Waals surface area (Å²) in [7, 11) is -4.60. The first-order valence-corrected chi connectivity index (χ1v) is 20.0. The Labute approximate surface area is 280 Å². The Kier molecular flexibility index (Phi) is 31.8. The number of hydrogen-bond acceptors (Lipinski definition) is 9. The van der Waals surface area contributed by atoms with E-state index in [-0.39, 0.29) is 19.4 Å². The molecule has 0 aliphatic rings. The summed E-state index contributed by atoms with van der Waals surface area (Å²) in [5.41, 5.74) is 0. The minimum atomic E-state index is -4.60. The molecule has 0 aromatic rings. The Bertz CT molecular complexity index is 751. The van der Waals surface area contributed by atoms with Crippen LogP contribution >= 0.6 is 7.82 Å². The fraction of sp³-hybridized carbons (Fsp3) is 0.943. The number of ether oxygens (including phenoxy) is 2. The van der Waals surface area contributed by atoms with Crippen LogP contribution in [0.4, 0.5) is 0 Å². The highest BCUT2D eigenvalue weighted by atomic mass is 31.2. The van der Waals surface area contributed by atoms with Crippen LogP contribution in [0.5, 0.6) is 0 Å². The Hall–Kier alpha value is -1.03. The molecule has 0 spiro atoms. The molecule has 11 heteroatoms. The van der Waals surface area contributed by atoms with Crippen molar-refractivity contribution in [3.8, 4) is 0 Å². The molecule has 0 aliphatic carbocycles. The van der Waals surface area contributed by atoms with Crippen LogP contribution in [0, 0.1) is 0 Å². The highest BCUT2D eigenvalue weighted by Crippen LogP contribution is 2.43. The molecule has 0 fully saturated rings. The molecular weight excluding hydrogens is 611 g/mol. The monoisotopic (exact) mass is 680 g/mol. The van der Waals surface area contributed by atoms with E-state index in [9.17, 15) is 24.2 Å². The van der Waals surface area contributed by atoms with Crippen LogP contribution in [0.25, 0.3) is 0 Å². The van der Waals surface area contributed by atoms with E-state index in [1.165, 1.54) is 96.3 Å². The quantitative estimate of drug-likeness (QED) is 0.0337. The highest BCUT2D eigenvalue weighted by Gasteiger charge is 2.27. The number of aliphatic hydroxyl groups excluding tert-OH is 2. The van der Waals surface area contributed by atoms with Crippen LogP contribution in [0.15, 0.2) is 0 Å². The van der Waals surface area contributed by atoms with Gasteiger partial charge in [0, 0.05) is 12.8 Å². The zero-order valence-electron chi connectivity index (χ0n) is 29.3. The first-order valence-electron chi connectivity index (χ1n) is 18.5. The van der Waals surface area contributed by atoms with Crippen molar-refractivity contribution in [1.29, 1.82) is 0 Å². The number of carbonyl (C=O) groups excluding carboxylic acids is 2. The molecule has 0 rings (SSSR count). The normalized spacial score (nSPS) is 14.1. The van der Waals surface area contributed by atoms with Gasteiger partial charge in [-0.3, -0.25) is 18.6 Å². The number of aliphatic hydroxyl groups is 2. The number of rotatable bonds is 35. The predicted octanol–water partition coefficient (Wildman–Crippen LogP) is 8.72. The summed E-state index contributed by atoms with van der Waals surface area (Å²) in [5.74, 6) is -0.919. The van der Waals surface area contributed by atoms with Gasteiger partial charge < -0.3 is 24.6 Å². The zero-order valence-corrected chi connectivity index (χ0v) is 30.2. The second-order valence-electron chi connectivity index (χ2n) is 12.6. The molecule has 0 amide bonds. The van der Waals surface area contributed by atoms with E-state index in [2.05, 4.69) is 18.4 Å². The van der Waals surface area contributed by atoms with Crippen LogP contribution in [0.2, 0.25) is 0 Å². The van der Waals surface area contributed by atoms with Crippen molar-refractivity contribution in [2.24, 2.45) is 0 Å². The summed E-state index contributed by atoms with van der Waals surface area (Å²) in [6, 6.07) is 0. The molecule has 3 N–H and O–H groups in total. The first kappa shape index (κ1) is 45.0. The topological polar surface area (TPSA) is 149 Å². The molecular formula is C35H69O10P. The Morgan fingerprint density at radius 1 is 0.565 bits per heavy atom. The molecule has 0 bridgehead atoms. The lowest BCUT2D eigenvalue weighted by molar-refractivity contribution is -0.161. The average Bonchev–Trinajstić information content (AvgIpc) is 3.04. The Morgan fingerprint density at radius 2 is 0.935 bits per heavy atom. The second kappa shape index (κ2) is 32.5. The van der Waals surface area contributed by atoms with Gasteiger partial charge in [-0.25, -0.2) is 4.57 Å². The number of phosphoric ester groups is 1. The van der Waals surface area contributed by atoms with E-state index in [1.807, 2.05) is 0 Å². The number of unbranched alkanes of at least 4 members (excludes halogenated alkanes) is 21. The van der Waals surface area contributed by atoms with Gasteiger partial charge in [-0.2, -0.15) is 0 Å². The SMILES string of the molecule is CCCCCCCCCCCCCCCCC(=O)O[C@H](COC(=O)CCCCCCCCCCC)COP(=O)(O)OC[C@@H](O)CO. The third kappa shape index (κ3) is 31.6. The van der Waals surface area contributed by atoms with E-state index < -0.39 is 51.8 Å². The molecule has 1 unspecified atom stereocenters. The van der Waals surface area contributed by atoms with Gasteiger partial charge in [-0.15, -0.1) is 0 Å². The van der Waals surface area contributed by atoms with E-state index in [1.54, 1.807) is 0 Å². The zero-order chi connectivity index (χ0) is 34.1. The van der Waals surface area contributed by atoms with Crippen molar-refractivity contribution in [3.63, 3.8) is 0 Å². The number of phosphoric acid groups is 1. The van der Waals surface area contributed by atoms with Crippen molar-refractivity contribution < 1.29 is 47.8 Å². The maximum atomic E-state index is 12.5. The maximum Gasteiger partial charge on any atom is 0.472 e. The summed E-state index contributed by atoms with van der Waals surface area (Å²) in [5, 5.41) is 18.2. The van der Waals surface area contributed by atoms with Gasteiger partial charge in [0.15, 0.2) is 6.10 Å². The molecule has 0 aromatic carbocycles. The van der Waals surface area contributed by atoms with E-state index >= 15 is 0 Å². The first-order chi connectivity index (χ1) is 22.2. The van der Waals surface area contributed by atoms with E-state index in [0.717, 1.165) is 38.5 Å². The van der Waals surface area contributed by atoms with Crippen LogP contribution in [-0.4, -0.2) is 65.7 Å². The number of esters is 2. The fourth-order valence-corrected chi connectivity index (χ4v) is 5.90. The number of carbonyl (C=O) groups is 2. The van der Waals surface area contributed by atoms with E-state index in [0.29, 0.717) is 12.8 Å². The van der Waals surface area contributed by atoms with Crippen molar-refractivity contribution in [3.05, 3.63) is 0 Å². The molecule has 46 heavy (non-hydrogen) atoms. The summed E-state index contributed by atoms with van der Waals surface area (Å²) in [6.07, 6.45) is 25.1. The maximum absolute atomic E-state index is 12.5. The van der Waals surface area contributed by atoms with Crippen molar-refractivity contribution in [1.82, 2.24) is 0 Å². The molecule has 3 atom stereocenters. The molecule has 0 aromatic heterocycles. The minimum absolute atomic E-state index is 0.191. The van der Waals surface area contributed by atoms with Crippen LogP contribution < -0.4 is 0 Å². The molecule has 0 radical (unpaired) electrons. The van der Waals surface area contributed by atoms with Gasteiger partial charge in [0.2, 0.25) is 0 Å². The standard InChI is InChI=1S/C35H69O10P/c1-3-5-7-9-11-13-14-15-16-17-19-21-23-25-27-35(39)45-33(31-44-46(40,41)43-29-32(37)28-36)30-42-34(38)26-24-22-20-18-12-10-8-6-4-2/h32-33,36-37H,3-31H2,1-2H3,(H,40,41)/t32-,33+/m0/s1. The molecule has 0 saturated heterocycles. The molecule has 0 aliphatic heterocycles. The van der Waals surface area contributed by atoms with Gasteiger partial charge in [0.1, 0.15) is 12.7 Å². The lowest BCUT2D eigenvalue weighted by atomic mass is 10.0. The summed E-state index contributed by atoms with van der Waals surface area (Å²) in [4.78, 5) is 34.7. The van der Waals surface area contributed by atoms with Gasteiger partial charge in [0.25, 0.3) is 0 Å². The van der Waals surface area contributed by atoms with Crippen molar-refractivity contribution >= 4 is 19.8 Å². The van der Waals surface area contributed by atoms with Crippen molar-refractivity contribution in [2.75, 3.05) is 26.4 Å². The van der Waals surface area contributed by atoms with Crippen LogP contribution in [-0.2, 0) is 32.7 Å². The summed E-state index contributed by atoms with van der Waals surface area (Å²) >= 11 is 0. The van der Waals surface area contributed by atoms with Gasteiger partial charge >= 0.3 is 19.8 Å². The fourth-order valence-electron chi connectivity index (χ4n) is 5.11. The molecule has 0 heterocycles. The van der Waals surface area contributed by atoms with E-state index in [4.69, 9.17) is 19.1 Å². The highest BCUT2D eigenvalue weighted by molar-refractivity contribution is 7.47. The molecule has 274 valence electrons. The summed E-state index contributed by atoms with van der Waals surface area (Å²) < 4.78 is 32.5. The van der Waals surface area contributed by atoms with Gasteiger partial charge in [0.05, 0.1) is 19.8 Å². The predicted molar refractivity (Wildman–Crippen MR) is 182 cm³/mol.